The molecule has 0 radical (unpaired) electrons. The van der Waals surface area contributed by atoms with Gasteiger partial charge in [-0.2, -0.15) is 4.98 Å². The highest BCUT2D eigenvalue weighted by atomic mass is 19.1. The second kappa shape index (κ2) is 11.2. The van der Waals surface area contributed by atoms with Gasteiger partial charge in [-0.15, -0.1) is 16.6 Å². The van der Waals surface area contributed by atoms with Crippen LogP contribution < -0.4 is 9.64 Å². The summed E-state index contributed by atoms with van der Waals surface area (Å²) >= 11 is 0. The largest absolute Gasteiger partial charge is 0.508 e. The van der Waals surface area contributed by atoms with Crippen molar-refractivity contribution in [2.24, 2.45) is 11.8 Å². The summed E-state index contributed by atoms with van der Waals surface area (Å²) in [4.78, 5) is 9.29. The van der Waals surface area contributed by atoms with Crippen molar-refractivity contribution in [2.75, 3.05) is 37.7 Å². The summed E-state index contributed by atoms with van der Waals surface area (Å²) in [7, 11) is 0. The van der Waals surface area contributed by atoms with Crippen LogP contribution in [0.4, 0.5) is 14.6 Å². The Morgan fingerprint density at radius 3 is 2.68 bits per heavy atom. The van der Waals surface area contributed by atoms with E-state index >= 15 is 4.39 Å². The fourth-order valence-corrected chi connectivity index (χ4v) is 7.63. The van der Waals surface area contributed by atoms with Gasteiger partial charge in [-0.1, -0.05) is 31.9 Å². The SMILES string of the molecule is C#Cc1cccc2cc(O)cc(-c3nnc4c(N5CC(C)CCC(C)C5)nc(OC[C@@]56CCCN5C[C@H](F)C6)cc4c3F)c12. The van der Waals surface area contributed by atoms with Gasteiger partial charge in [-0.3, -0.25) is 4.90 Å². The minimum Gasteiger partial charge on any atom is -0.508 e. The molecule has 44 heavy (non-hydrogen) atoms. The van der Waals surface area contributed by atoms with Gasteiger partial charge in [0.05, 0.1) is 5.54 Å². The zero-order chi connectivity index (χ0) is 30.6. The van der Waals surface area contributed by atoms with E-state index in [1.54, 1.807) is 24.3 Å². The number of phenolic OH excluding ortho intramolecular Hbond substituents is 1. The topological polar surface area (TPSA) is 74.6 Å². The van der Waals surface area contributed by atoms with E-state index in [2.05, 4.69) is 39.8 Å². The van der Waals surface area contributed by atoms with Crippen molar-refractivity contribution in [3.05, 3.63) is 47.8 Å². The number of ether oxygens (including phenoxy) is 1. The van der Waals surface area contributed by atoms with Gasteiger partial charge in [0.15, 0.2) is 11.6 Å². The summed E-state index contributed by atoms with van der Waals surface area (Å²) in [5, 5.41) is 21.0. The van der Waals surface area contributed by atoms with Crippen LogP contribution in [0.2, 0.25) is 0 Å². The number of aromatic nitrogens is 3. The minimum atomic E-state index is -0.876. The van der Waals surface area contributed by atoms with Gasteiger partial charge < -0.3 is 14.7 Å². The number of anilines is 1. The average molecular weight is 598 g/mol. The molecule has 7 nitrogen and oxygen atoms in total. The number of aromatic hydroxyl groups is 1. The molecular formula is C35H37F2N5O2. The molecule has 0 saturated carbocycles. The molecule has 2 aromatic heterocycles. The average Bonchev–Trinajstić information content (AvgIpc) is 3.47. The summed E-state index contributed by atoms with van der Waals surface area (Å²) in [5.74, 6) is 3.72. The van der Waals surface area contributed by atoms with Crippen molar-refractivity contribution in [3.63, 3.8) is 0 Å². The van der Waals surface area contributed by atoms with E-state index < -0.39 is 12.0 Å². The molecule has 1 N–H and O–H groups in total. The Kier molecular flexibility index (Phi) is 7.28. The molecular weight excluding hydrogens is 560 g/mol. The van der Waals surface area contributed by atoms with Crippen molar-refractivity contribution in [2.45, 2.75) is 57.7 Å². The molecule has 3 aliphatic rings. The third-order valence-electron chi connectivity index (χ3n) is 9.78. The van der Waals surface area contributed by atoms with Crippen LogP contribution in [0.15, 0.2) is 36.4 Å². The van der Waals surface area contributed by atoms with Gasteiger partial charge >= 0.3 is 0 Å². The van der Waals surface area contributed by atoms with E-state index in [0.717, 1.165) is 45.3 Å². The molecule has 4 aromatic rings. The number of alkyl halides is 1. The number of fused-ring (bicyclic) bond motifs is 3. The molecule has 5 heterocycles. The minimum absolute atomic E-state index is 0.0153. The zero-order valence-electron chi connectivity index (χ0n) is 25.2. The van der Waals surface area contributed by atoms with Gasteiger partial charge in [0.25, 0.3) is 0 Å². The predicted octanol–water partition coefficient (Wildman–Crippen LogP) is 6.50. The first kappa shape index (κ1) is 28.7. The molecule has 3 fully saturated rings. The first-order chi connectivity index (χ1) is 21.2. The Morgan fingerprint density at radius 2 is 1.91 bits per heavy atom. The molecule has 2 aromatic carbocycles. The van der Waals surface area contributed by atoms with Gasteiger partial charge in [0.2, 0.25) is 5.88 Å². The van der Waals surface area contributed by atoms with Crippen LogP contribution >= 0.6 is 0 Å². The van der Waals surface area contributed by atoms with Gasteiger partial charge in [0, 0.05) is 54.0 Å². The number of hydrogen-bond donors (Lipinski definition) is 1. The van der Waals surface area contributed by atoms with Crippen LogP contribution in [-0.4, -0.2) is 69.7 Å². The summed E-state index contributed by atoms with van der Waals surface area (Å²) < 4.78 is 37.7. The summed E-state index contributed by atoms with van der Waals surface area (Å²) in [6, 6.07) is 10.1. The van der Waals surface area contributed by atoms with Crippen molar-refractivity contribution in [1.82, 2.24) is 20.1 Å². The standard InChI is InChI=1S/C35H37F2N5O2/c1-4-23-7-5-8-24-13-26(43)14-27(30(23)24)32-31(37)28-15-29(44-20-35-11-6-12-42(35)19-25(36)16-35)38-34(33(28)40-39-32)41-17-21(2)9-10-22(3)18-41/h1,5,7-8,13-15,21-22,25,43H,6,9-12,16-20H2,2-3H3/t21?,22?,25-,35+/m1/s1. The van der Waals surface area contributed by atoms with Crippen molar-refractivity contribution >= 4 is 27.5 Å². The Bertz CT molecular complexity index is 1780. The molecule has 3 saturated heterocycles. The van der Waals surface area contributed by atoms with Gasteiger partial charge in [-0.05, 0) is 67.6 Å². The number of hydrogen-bond acceptors (Lipinski definition) is 7. The van der Waals surface area contributed by atoms with Crippen LogP contribution in [0.3, 0.4) is 0 Å². The van der Waals surface area contributed by atoms with Crippen LogP contribution in [0.1, 0.15) is 51.5 Å². The Labute approximate surface area is 256 Å². The lowest BCUT2D eigenvalue weighted by Gasteiger charge is -2.31. The van der Waals surface area contributed by atoms with E-state index in [1.165, 1.54) is 6.07 Å². The van der Waals surface area contributed by atoms with E-state index in [0.29, 0.717) is 58.0 Å². The fraction of sp³-hybridized carbons (Fsp3) is 0.457. The number of phenols is 1. The molecule has 0 aliphatic carbocycles. The van der Waals surface area contributed by atoms with Gasteiger partial charge in [0.1, 0.15) is 29.7 Å². The number of halogens is 2. The van der Waals surface area contributed by atoms with E-state index in [-0.39, 0.29) is 34.9 Å². The molecule has 0 amide bonds. The lowest BCUT2D eigenvalue weighted by Crippen LogP contribution is -2.43. The number of nitrogens with zero attached hydrogens (tertiary/aromatic N) is 5. The lowest BCUT2D eigenvalue weighted by molar-refractivity contribution is 0.111. The summed E-state index contributed by atoms with van der Waals surface area (Å²) in [6.07, 6.45) is 9.43. The smallest absolute Gasteiger partial charge is 0.216 e. The zero-order valence-corrected chi connectivity index (χ0v) is 25.2. The summed E-state index contributed by atoms with van der Waals surface area (Å²) in [5.41, 5.74) is 0.895. The molecule has 0 bridgehead atoms. The van der Waals surface area contributed by atoms with Crippen LogP contribution in [-0.2, 0) is 0 Å². The normalized spacial score (nSPS) is 25.7. The van der Waals surface area contributed by atoms with E-state index in [9.17, 15) is 9.50 Å². The maximum atomic E-state index is 16.8. The highest BCUT2D eigenvalue weighted by Gasteiger charge is 2.49. The third kappa shape index (κ3) is 4.99. The van der Waals surface area contributed by atoms with Gasteiger partial charge in [-0.25, -0.2) is 8.78 Å². The molecule has 0 spiro atoms. The Balaban J connectivity index is 1.38. The molecule has 3 aliphatic heterocycles. The Hall–Kier alpha value is -4.03. The fourth-order valence-electron chi connectivity index (χ4n) is 7.63. The number of pyridine rings is 1. The molecule has 2 unspecified atom stereocenters. The second-order valence-corrected chi connectivity index (χ2v) is 13.1. The first-order valence-electron chi connectivity index (χ1n) is 15.6. The predicted molar refractivity (Wildman–Crippen MR) is 168 cm³/mol. The number of terminal acetylenes is 1. The van der Waals surface area contributed by atoms with Crippen LogP contribution in [0.25, 0.3) is 32.9 Å². The second-order valence-electron chi connectivity index (χ2n) is 13.1. The third-order valence-corrected chi connectivity index (χ3v) is 9.78. The monoisotopic (exact) mass is 597 g/mol. The number of rotatable bonds is 5. The summed E-state index contributed by atoms with van der Waals surface area (Å²) in [6.45, 7) is 7.51. The molecule has 9 heteroatoms. The highest BCUT2D eigenvalue weighted by Crippen LogP contribution is 2.42. The van der Waals surface area contributed by atoms with E-state index in [1.807, 2.05) is 6.07 Å². The highest BCUT2D eigenvalue weighted by molar-refractivity contribution is 6.02. The Morgan fingerprint density at radius 1 is 1.11 bits per heavy atom. The number of benzene rings is 2. The first-order valence-corrected chi connectivity index (χ1v) is 15.6. The van der Waals surface area contributed by atoms with Crippen molar-refractivity contribution in [1.29, 1.82) is 0 Å². The molecule has 228 valence electrons. The van der Waals surface area contributed by atoms with Crippen molar-refractivity contribution < 1.29 is 18.6 Å². The van der Waals surface area contributed by atoms with E-state index in [4.69, 9.17) is 16.1 Å². The lowest BCUT2D eigenvalue weighted by atomic mass is 9.95. The quantitative estimate of drug-likeness (QED) is 0.263. The maximum absolute atomic E-state index is 16.8. The van der Waals surface area contributed by atoms with Crippen molar-refractivity contribution in [3.8, 4) is 35.2 Å². The van der Waals surface area contributed by atoms with Crippen LogP contribution in [0.5, 0.6) is 11.6 Å². The maximum Gasteiger partial charge on any atom is 0.216 e. The molecule has 4 atom stereocenters. The molecule has 7 rings (SSSR count). The van der Waals surface area contributed by atoms with Crippen LogP contribution in [0, 0.1) is 30.0 Å².